The minimum absolute atomic E-state index is 0.229. The van der Waals surface area contributed by atoms with E-state index in [1.807, 2.05) is 78.9 Å². The molecule has 5 nitrogen and oxygen atoms in total. The van der Waals surface area contributed by atoms with Gasteiger partial charge in [0.2, 0.25) is 0 Å². The summed E-state index contributed by atoms with van der Waals surface area (Å²) in [7, 11) is 0. The molecule has 1 fully saturated rings. The Kier molecular flexibility index (Phi) is 5.74. The third kappa shape index (κ3) is 4.55. The minimum Gasteiger partial charge on any atom is -0.349 e. The van der Waals surface area contributed by atoms with E-state index in [-0.39, 0.29) is 11.8 Å². The van der Waals surface area contributed by atoms with Crippen molar-refractivity contribution in [2.75, 3.05) is 10.2 Å². The summed E-state index contributed by atoms with van der Waals surface area (Å²) in [6.45, 7) is 0.405. The van der Waals surface area contributed by atoms with E-state index in [4.69, 9.17) is 4.74 Å². The van der Waals surface area contributed by atoms with Crippen molar-refractivity contribution in [1.29, 1.82) is 0 Å². The summed E-state index contributed by atoms with van der Waals surface area (Å²) in [5.41, 5.74) is 2.41. The van der Waals surface area contributed by atoms with Gasteiger partial charge in [-0.1, -0.05) is 60.7 Å². The van der Waals surface area contributed by atoms with Crippen LogP contribution in [0.5, 0.6) is 0 Å². The summed E-state index contributed by atoms with van der Waals surface area (Å²) in [6.07, 6.45) is -1.59. The van der Waals surface area contributed by atoms with Crippen molar-refractivity contribution in [1.82, 2.24) is 0 Å². The van der Waals surface area contributed by atoms with Gasteiger partial charge < -0.3 is 15.0 Å². The minimum atomic E-state index is -0.795. The number of hydrogen-bond donors (Lipinski definition) is 1. The fourth-order valence-corrected chi connectivity index (χ4v) is 3.47. The molecule has 1 aliphatic rings. The van der Waals surface area contributed by atoms with E-state index < -0.39 is 12.2 Å². The van der Waals surface area contributed by atoms with E-state index in [1.165, 1.54) is 0 Å². The number of epoxide rings is 1. The molecule has 0 bridgehead atoms. The van der Waals surface area contributed by atoms with Crippen LogP contribution in [0.1, 0.15) is 5.56 Å². The quantitative estimate of drug-likeness (QED) is 0.566. The summed E-state index contributed by atoms with van der Waals surface area (Å²) < 4.78 is 6.24. The molecular formula is C23H19BrN2O3. The lowest BCUT2D eigenvalue weighted by atomic mass is 10.1. The Bertz CT molecular complexity index is 1010. The first-order valence-corrected chi connectivity index (χ1v) is 10.0. The summed E-state index contributed by atoms with van der Waals surface area (Å²) in [6, 6.07) is 26.5. The number of carbonyl (C=O) groups excluding carboxylic acids is 2. The molecule has 1 saturated heterocycles. The number of amides is 2. The van der Waals surface area contributed by atoms with Crippen LogP contribution in [0.15, 0.2) is 89.4 Å². The molecule has 6 heteroatoms. The highest BCUT2D eigenvalue weighted by Gasteiger charge is 2.52. The average Bonchev–Trinajstić information content (AvgIpc) is 3.56. The van der Waals surface area contributed by atoms with Crippen LogP contribution < -0.4 is 10.2 Å². The highest BCUT2D eigenvalue weighted by molar-refractivity contribution is 9.10. The van der Waals surface area contributed by atoms with Crippen LogP contribution in [-0.4, -0.2) is 24.0 Å². The van der Waals surface area contributed by atoms with E-state index in [0.29, 0.717) is 12.2 Å². The Hall–Kier alpha value is -2.96. The number of nitrogens with zero attached hydrogens (tertiary/aromatic N) is 1. The second-order valence-electron chi connectivity index (χ2n) is 6.69. The molecule has 0 aromatic heterocycles. The molecule has 146 valence electrons. The lowest BCUT2D eigenvalue weighted by molar-refractivity contribution is -0.120. The molecule has 2 amide bonds. The second-order valence-corrected chi connectivity index (χ2v) is 7.55. The Morgan fingerprint density at radius 2 is 1.48 bits per heavy atom. The summed E-state index contributed by atoms with van der Waals surface area (Å²) in [4.78, 5) is 27.3. The van der Waals surface area contributed by atoms with E-state index >= 15 is 0 Å². The van der Waals surface area contributed by atoms with Crippen LogP contribution in [0.4, 0.5) is 11.4 Å². The number of halogens is 1. The van der Waals surface area contributed by atoms with Crippen molar-refractivity contribution in [3.63, 3.8) is 0 Å². The summed E-state index contributed by atoms with van der Waals surface area (Å²) >= 11 is 3.40. The maximum Gasteiger partial charge on any atom is 0.259 e. The molecule has 0 saturated carbocycles. The lowest BCUT2D eigenvalue weighted by Gasteiger charge is -2.22. The molecule has 1 N–H and O–H groups in total. The van der Waals surface area contributed by atoms with Crippen molar-refractivity contribution >= 4 is 39.1 Å². The van der Waals surface area contributed by atoms with Crippen LogP contribution in [0.3, 0.4) is 0 Å². The summed E-state index contributed by atoms with van der Waals surface area (Å²) in [5.74, 6) is -0.560. The number of carbonyl (C=O) groups is 2. The number of nitrogens with one attached hydrogen (secondary N) is 1. The fraction of sp³-hybridized carbons (Fsp3) is 0.130. The zero-order valence-corrected chi connectivity index (χ0v) is 17.1. The van der Waals surface area contributed by atoms with Gasteiger partial charge in [0.05, 0.1) is 12.2 Å². The molecule has 3 aromatic carbocycles. The van der Waals surface area contributed by atoms with Crippen LogP contribution in [-0.2, 0) is 20.9 Å². The van der Waals surface area contributed by atoms with Gasteiger partial charge in [-0.2, -0.15) is 0 Å². The van der Waals surface area contributed by atoms with Gasteiger partial charge in [-0.05, 0) is 45.8 Å². The molecule has 4 rings (SSSR count). The number of rotatable bonds is 6. The monoisotopic (exact) mass is 450 g/mol. The maximum atomic E-state index is 13.2. The molecule has 0 unspecified atom stereocenters. The first-order chi connectivity index (χ1) is 14.1. The summed E-state index contributed by atoms with van der Waals surface area (Å²) in [5, 5.41) is 2.80. The topological polar surface area (TPSA) is 61.9 Å². The normalized spacial score (nSPS) is 17.4. The second kappa shape index (κ2) is 8.59. The number of hydrogen-bond acceptors (Lipinski definition) is 3. The number of anilines is 2. The largest absolute Gasteiger partial charge is 0.349 e. The van der Waals surface area contributed by atoms with Gasteiger partial charge in [-0.15, -0.1) is 0 Å². The Labute approximate surface area is 177 Å². The molecule has 0 aliphatic carbocycles. The Morgan fingerprint density at radius 3 is 2.17 bits per heavy atom. The van der Waals surface area contributed by atoms with Gasteiger partial charge in [0.1, 0.15) is 0 Å². The maximum absolute atomic E-state index is 13.2. The zero-order chi connectivity index (χ0) is 20.2. The molecule has 3 aromatic rings. The molecule has 2 atom stereocenters. The highest BCUT2D eigenvalue weighted by Crippen LogP contribution is 2.30. The van der Waals surface area contributed by atoms with Crippen molar-refractivity contribution < 1.29 is 14.3 Å². The molecule has 0 spiro atoms. The standard InChI is InChI=1S/C23H19BrN2O3/c24-18-13-7-8-14-19(18)25-22(27)20-21(29-20)23(28)26(17-11-5-2-6-12-17)15-16-9-3-1-4-10-16/h1-14,20-21H,15H2,(H,25,27)/t20-,21-/m0/s1. The van der Waals surface area contributed by atoms with Gasteiger partial charge in [0.25, 0.3) is 11.8 Å². The Balaban J connectivity index is 1.48. The number of ether oxygens (including phenoxy) is 1. The van der Waals surface area contributed by atoms with Gasteiger partial charge in [0, 0.05) is 10.2 Å². The first-order valence-electron chi connectivity index (χ1n) is 9.25. The zero-order valence-electron chi connectivity index (χ0n) is 15.5. The third-order valence-electron chi connectivity index (χ3n) is 4.64. The Morgan fingerprint density at radius 1 is 0.862 bits per heavy atom. The van der Waals surface area contributed by atoms with Crippen LogP contribution >= 0.6 is 15.9 Å². The lowest BCUT2D eigenvalue weighted by Crippen LogP contribution is -2.36. The van der Waals surface area contributed by atoms with Gasteiger partial charge >= 0.3 is 0 Å². The first kappa shape index (κ1) is 19.4. The molecule has 0 radical (unpaired) electrons. The number of benzene rings is 3. The van der Waals surface area contributed by atoms with E-state index in [9.17, 15) is 9.59 Å². The highest BCUT2D eigenvalue weighted by atomic mass is 79.9. The van der Waals surface area contributed by atoms with Gasteiger partial charge in [0.15, 0.2) is 12.2 Å². The predicted molar refractivity (Wildman–Crippen MR) is 116 cm³/mol. The van der Waals surface area contributed by atoms with Crippen LogP contribution in [0, 0.1) is 0 Å². The van der Waals surface area contributed by atoms with Crippen molar-refractivity contribution in [2.24, 2.45) is 0 Å². The van der Waals surface area contributed by atoms with Gasteiger partial charge in [-0.25, -0.2) is 0 Å². The van der Waals surface area contributed by atoms with Crippen LogP contribution in [0.2, 0.25) is 0 Å². The molecular weight excluding hydrogens is 432 g/mol. The fourth-order valence-electron chi connectivity index (χ4n) is 3.09. The smallest absolute Gasteiger partial charge is 0.259 e. The predicted octanol–water partition coefficient (Wildman–Crippen LogP) is 4.39. The van der Waals surface area contributed by atoms with E-state index in [1.54, 1.807) is 11.0 Å². The molecule has 29 heavy (non-hydrogen) atoms. The third-order valence-corrected chi connectivity index (χ3v) is 5.33. The average molecular weight is 451 g/mol. The van der Waals surface area contributed by atoms with Crippen molar-refractivity contribution in [2.45, 2.75) is 18.8 Å². The number of para-hydroxylation sites is 2. The van der Waals surface area contributed by atoms with Gasteiger partial charge in [-0.3, -0.25) is 9.59 Å². The van der Waals surface area contributed by atoms with E-state index in [0.717, 1.165) is 15.7 Å². The molecule has 1 heterocycles. The molecule has 1 aliphatic heterocycles. The van der Waals surface area contributed by atoms with Crippen LogP contribution in [0.25, 0.3) is 0 Å². The van der Waals surface area contributed by atoms with E-state index in [2.05, 4.69) is 21.2 Å². The SMILES string of the molecule is O=C(Nc1ccccc1Br)[C@H]1O[C@@H]1C(=O)N(Cc1ccccc1)c1ccccc1. The van der Waals surface area contributed by atoms with Crippen molar-refractivity contribution in [3.05, 3.63) is 95.0 Å². The van der Waals surface area contributed by atoms with Crippen molar-refractivity contribution in [3.8, 4) is 0 Å².